The Hall–Kier alpha value is -3.21. The van der Waals surface area contributed by atoms with Crippen LogP contribution in [0.2, 0.25) is 0 Å². The summed E-state index contributed by atoms with van der Waals surface area (Å²) in [6.07, 6.45) is 3.51. The van der Waals surface area contributed by atoms with Gasteiger partial charge in [0.15, 0.2) is 0 Å². The number of ether oxygens (including phenoxy) is 4. The zero-order chi connectivity index (χ0) is 21.8. The van der Waals surface area contributed by atoms with Crippen molar-refractivity contribution in [1.29, 1.82) is 0 Å². The third-order valence-corrected chi connectivity index (χ3v) is 3.89. The summed E-state index contributed by atoms with van der Waals surface area (Å²) in [7, 11) is 2.28. The van der Waals surface area contributed by atoms with Crippen LogP contribution in [-0.4, -0.2) is 85.9 Å². The van der Waals surface area contributed by atoms with Crippen molar-refractivity contribution >= 4 is 29.8 Å². The van der Waals surface area contributed by atoms with Crippen LogP contribution in [0.1, 0.15) is 12.8 Å². The van der Waals surface area contributed by atoms with Crippen LogP contribution in [0, 0.1) is 0 Å². The van der Waals surface area contributed by atoms with Crippen LogP contribution < -0.4 is 0 Å². The Labute approximate surface area is 166 Å². The van der Waals surface area contributed by atoms with Crippen molar-refractivity contribution in [3.63, 3.8) is 0 Å². The Morgan fingerprint density at radius 1 is 0.966 bits per heavy atom. The van der Waals surface area contributed by atoms with Gasteiger partial charge in [-0.15, -0.1) is 0 Å². The number of esters is 4. The highest BCUT2D eigenvalue weighted by Gasteiger charge is 2.33. The van der Waals surface area contributed by atoms with Crippen LogP contribution in [0.3, 0.4) is 0 Å². The molecule has 0 spiro atoms. The number of aliphatic carboxylic acids is 1. The average Bonchev–Trinajstić information content (AvgIpc) is 3.16. The smallest absolute Gasteiger partial charge is 0.331 e. The number of carboxylic acid groups (broad SMARTS) is 1. The van der Waals surface area contributed by atoms with E-state index >= 15 is 0 Å². The van der Waals surface area contributed by atoms with E-state index in [1.165, 1.54) is 0 Å². The zero-order valence-corrected chi connectivity index (χ0v) is 16.1. The fourth-order valence-corrected chi connectivity index (χ4v) is 2.54. The second-order valence-electron chi connectivity index (χ2n) is 5.89. The summed E-state index contributed by atoms with van der Waals surface area (Å²) >= 11 is 0. The van der Waals surface area contributed by atoms with Crippen molar-refractivity contribution in [2.24, 2.45) is 0 Å². The lowest BCUT2D eigenvalue weighted by atomic mass is 10.2. The van der Waals surface area contributed by atoms with Crippen LogP contribution in [0.25, 0.3) is 0 Å². The first-order valence-corrected chi connectivity index (χ1v) is 8.63. The Morgan fingerprint density at radius 3 is 2.07 bits per heavy atom. The number of carboxylic acids is 1. The third-order valence-electron chi connectivity index (χ3n) is 3.89. The van der Waals surface area contributed by atoms with Gasteiger partial charge < -0.3 is 24.1 Å². The number of nitrogens with zero attached hydrogens (tertiary/aromatic N) is 1. The second kappa shape index (κ2) is 12.3. The molecule has 0 aliphatic carbocycles. The molecule has 2 atom stereocenters. The standard InChI is InChI=1S/C18H23NO10/c1-26-14(20)5-7-16(22)28-11-12(29-17(23)8-6-15(21)27-2)10-19-9-3-4-13(19)18(24)25/h5-8,12-13H,3-4,9-11H2,1-2H3,(H,24,25). The molecule has 0 aromatic carbocycles. The van der Waals surface area contributed by atoms with Crippen LogP contribution >= 0.6 is 0 Å². The van der Waals surface area contributed by atoms with Crippen molar-refractivity contribution in [3.8, 4) is 0 Å². The molecule has 0 aromatic rings. The van der Waals surface area contributed by atoms with Gasteiger partial charge in [-0.3, -0.25) is 9.69 Å². The van der Waals surface area contributed by atoms with Gasteiger partial charge in [-0.25, -0.2) is 19.2 Å². The normalized spacial score (nSPS) is 17.8. The molecule has 1 aliphatic heterocycles. The Kier molecular flexibility index (Phi) is 10.1. The molecule has 0 amide bonds. The van der Waals surface area contributed by atoms with Crippen LogP contribution in [0.15, 0.2) is 24.3 Å². The highest BCUT2D eigenvalue weighted by atomic mass is 16.6. The molecule has 1 N–H and O–H groups in total. The highest BCUT2D eigenvalue weighted by Crippen LogP contribution is 2.18. The van der Waals surface area contributed by atoms with E-state index in [2.05, 4.69) is 9.47 Å². The molecule has 1 saturated heterocycles. The summed E-state index contributed by atoms with van der Waals surface area (Å²) in [6.45, 7) is 0.0902. The molecule has 1 heterocycles. The number of carbonyl (C=O) groups excluding carboxylic acids is 4. The van der Waals surface area contributed by atoms with Gasteiger partial charge in [-0.2, -0.15) is 0 Å². The quantitative estimate of drug-likeness (QED) is 0.279. The lowest BCUT2D eigenvalue weighted by Crippen LogP contribution is -2.43. The Bertz CT molecular complexity index is 684. The largest absolute Gasteiger partial charge is 0.480 e. The van der Waals surface area contributed by atoms with E-state index in [4.69, 9.17) is 9.47 Å². The summed E-state index contributed by atoms with van der Waals surface area (Å²) in [6, 6.07) is -0.739. The SMILES string of the molecule is COC(=O)C=CC(=O)OCC(CN1CCCC1C(=O)O)OC(=O)C=CC(=O)OC. The van der Waals surface area contributed by atoms with Crippen molar-refractivity contribution in [3.05, 3.63) is 24.3 Å². The van der Waals surface area contributed by atoms with Gasteiger partial charge in [0.1, 0.15) is 18.8 Å². The first kappa shape index (κ1) is 23.8. The van der Waals surface area contributed by atoms with Crippen LogP contribution in [-0.2, 0) is 42.9 Å². The maximum atomic E-state index is 11.9. The maximum Gasteiger partial charge on any atom is 0.331 e. The minimum Gasteiger partial charge on any atom is -0.480 e. The maximum absolute atomic E-state index is 11.9. The Balaban J connectivity index is 2.75. The van der Waals surface area contributed by atoms with Gasteiger partial charge in [0, 0.05) is 30.8 Å². The van der Waals surface area contributed by atoms with Gasteiger partial charge >= 0.3 is 29.8 Å². The van der Waals surface area contributed by atoms with E-state index in [1.807, 2.05) is 0 Å². The van der Waals surface area contributed by atoms with Gasteiger partial charge in [-0.05, 0) is 19.4 Å². The van der Waals surface area contributed by atoms with E-state index < -0.39 is 42.0 Å². The number of carbonyl (C=O) groups is 5. The molecular weight excluding hydrogens is 390 g/mol. The first-order valence-electron chi connectivity index (χ1n) is 8.63. The van der Waals surface area contributed by atoms with Crippen LogP contribution in [0.4, 0.5) is 0 Å². The summed E-state index contributed by atoms with van der Waals surface area (Å²) in [5.74, 6) is -4.29. The van der Waals surface area contributed by atoms with Gasteiger partial charge in [0.05, 0.1) is 14.2 Å². The molecule has 160 valence electrons. The summed E-state index contributed by atoms with van der Waals surface area (Å²) in [5, 5.41) is 9.26. The second-order valence-corrected chi connectivity index (χ2v) is 5.89. The average molecular weight is 413 g/mol. The number of hydrogen-bond donors (Lipinski definition) is 1. The molecule has 1 fully saturated rings. The molecule has 1 rings (SSSR count). The predicted octanol–water partition coefficient (Wildman–Crippen LogP) is -0.551. The molecule has 1 aliphatic rings. The lowest BCUT2D eigenvalue weighted by molar-refractivity contribution is -0.155. The van der Waals surface area contributed by atoms with E-state index in [9.17, 15) is 29.1 Å². The summed E-state index contributed by atoms with van der Waals surface area (Å²) in [5.41, 5.74) is 0. The molecule has 0 bridgehead atoms. The van der Waals surface area contributed by atoms with Gasteiger partial charge in [0.2, 0.25) is 0 Å². The number of rotatable bonds is 10. The molecule has 11 nitrogen and oxygen atoms in total. The van der Waals surface area contributed by atoms with E-state index in [1.54, 1.807) is 4.90 Å². The van der Waals surface area contributed by atoms with Gasteiger partial charge in [0.25, 0.3) is 0 Å². The van der Waals surface area contributed by atoms with Crippen molar-refractivity contribution in [2.75, 3.05) is 33.9 Å². The fourth-order valence-electron chi connectivity index (χ4n) is 2.54. The summed E-state index contributed by atoms with van der Waals surface area (Å²) in [4.78, 5) is 58.5. The molecule has 0 aromatic heterocycles. The summed E-state index contributed by atoms with van der Waals surface area (Å²) < 4.78 is 18.8. The van der Waals surface area contributed by atoms with Crippen LogP contribution in [0.5, 0.6) is 0 Å². The van der Waals surface area contributed by atoms with E-state index in [-0.39, 0.29) is 13.2 Å². The fraction of sp³-hybridized carbons (Fsp3) is 0.500. The Morgan fingerprint density at radius 2 is 1.52 bits per heavy atom. The highest BCUT2D eigenvalue weighted by molar-refractivity contribution is 5.92. The topological polar surface area (TPSA) is 146 Å². The zero-order valence-electron chi connectivity index (χ0n) is 16.1. The van der Waals surface area contributed by atoms with Gasteiger partial charge in [-0.1, -0.05) is 0 Å². The number of hydrogen-bond acceptors (Lipinski definition) is 10. The molecule has 2 unspecified atom stereocenters. The van der Waals surface area contributed by atoms with Crippen molar-refractivity contribution < 1.29 is 48.0 Å². The minimum atomic E-state index is -1.00. The first-order chi connectivity index (χ1) is 13.8. The molecule has 0 saturated carbocycles. The van der Waals surface area contributed by atoms with Crippen molar-refractivity contribution in [2.45, 2.75) is 25.0 Å². The third kappa shape index (κ3) is 9.02. The predicted molar refractivity (Wildman–Crippen MR) is 95.4 cm³/mol. The van der Waals surface area contributed by atoms with E-state index in [0.29, 0.717) is 19.4 Å². The monoisotopic (exact) mass is 413 g/mol. The molecule has 0 radical (unpaired) electrons. The molecule has 11 heteroatoms. The molecular formula is C18H23NO10. The van der Waals surface area contributed by atoms with E-state index in [0.717, 1.165) is 38.5 Å². The van der Waals surface area contributed by atoms with Crippen molar-refractivity contribution in [1.82, 2.24) is 4.90 Å². The lowest BCUT2D eigenvalue weighted by Gasteiger charge is -2.26. The molecule has 29 heavy (non-hydrogen) atoms. The number of methoxy groups -OCH3 is 2. The minimum absolute atomic E-state index is 0.00274. The number of likely N-dealkylation sites (tertiary alicyclic amines) is 1.